The second-order valence-electron chi connectivity index (χ2n) is 10.2. The summed E-state index contributed by atoms with van der Waals surface area (Å²) in [7, 11) is 0. The normalized spacial score (nSPS) is 20.6. The summed E-state index contributed by atoms with van der Waals surface area (Å²) in [6.07, 6.45) is 0.803. The number of nitrogen functional groups attached to an aromatic ring is 1. The van der Waals surface area contributed by atoms with Crippen molar-refractivity contribution in [2.45, 2.75) is 38.3 Å². The molecule has 0 spiro atoms. The van der Waals surface area contributed by atoms with Crippen LogP contribution in [0.2, 0.25) is 0 Å². The van der Waals surface area contributed by atoms with Crippen molar-refractivity contribution in [1.82, 2.24) is 20.1 Å². The molecule has 0 saturated carbocycles. The topological polar surface area (TPSA) is 118 Å². The molecule has 2 fully saturated rings. The third-order valence-electron chi connectivity index (χ3n) is 7.64. The van der Waals surface area contributed by atoms with Crippen molar-refractivity contribution < 1.29 is 13.9 Å². The molecule has 2 atom stereocenters. The standard InChI is InChI=1S/C29H30F2N8O/c1-19-11-13-37(25-16-24(35-36-28(25)33)22-6-3-4-8-26(22)40)14-15-39(19)27-10-9-21(17-32)23(34-27)7-5-12-38-18-29(30,31)20(38)2/h3-4,6,8-10,16,19-20,40H,11-15,18H2,1-2H3,(H2,33,36)/t19-,20-/m0/s1. The van der Waals surface area contributed by atoms with E-state index in [0.29, 0.717) is 47.2 Å². The molecule has 3 N–H and O–H groups in total. The Morgan fingerprint density at radius 2 is 1.93 bits per heavy atom. The summed E-state index contributed by atoms with van der Waals surface area (Å²) in [6, 6.07) is 13.7. The molecule has 40 heavy (non-hydrogen) atoms. The van der Waals surface area contributed by atoms with Crippen LogP contribution >= 0.6 is 0 Å². The molecule has 0 amide bonds. The van der Waals surface area contributed by atoms with Crippen molar-refractivity contribution in [1.29, 1.82) is 5.26 Å². The molecule has 0 bridgehead atoms. The first kappa shape index (κ1) is 27.1. The molecule has 4 heterocycles. The van der Waals surface area contributed by atoms with Crippen LogP contribution in [0.4, 0.5) is 26.1 Å². The average Bonchev–Trinajstić information content (AvgIpc) is 3.14. The first-order valence-electron chi connectivity index (χ1n) is 13.1. The molecular formula is C29H30F2N8O. The predicted octanol–water partition coefficient (Wildman–Crippen LogP) is 3.49. The smallest absolute Gasteiger partial charge is 0.275 e. The molecule has 5 rings (SSSR count). The van der Waals surface area contributed by atoms with Gasteiger partial charge in [-0.25, -0.2) is 13.8 Å². The zero-order valence-electron chi connectivity index (χ0n) is 22.3. The van der Waals surface area contributed by atoms with Crippen molar-refractivity contribution in [2.24, 2.45) is 0 Å². The van der Waals surface area contributed by atoms with E-state index >= 15 is 0 Å². The fraction of sp³-hybridized carbons (Fsp3) is 0.379. The number of aromatic nitrogens is 3. The molecule has 0 aliphatic carbocycles. The Hall–Kier alpha value is -4.48. The third kappa shape index (κ3) is 5.33. The number of para-hydroxylation sites is 1. The highest BCUT2D eigenvalue weighted by Gasteiger charge is 2.51. The minimum atomic E-state index is -2.68. The van der Waals surface area contributed by atoms with Gasteiger partial charge in [0.05, 0.1) is 36.1 Å². The monoisotopic (exact) mass is 544 g/mol. The van der Waals surface area contributed by atoms with Crippen molar-refractivity contribution in [3.63, 3.8) is 0 Å². The van der Waals surface area contributed by atoms with Crippen molar-refractivity contribution in [3.05, 3.63) is 53.7 Å². The van der Waals surface area contributed by atoms with Gasteiger partial charge in [-0.3, -0.25) is 4.90 Å². The molecule has 1 aromatic carbocycles. The summed E-state index contributed by atoms with van der Waals surface area (Å²) in [4.78, 5) is 10.6. The number of phenols is 1. The van der Waals surface area contributed by atoms with E-state index in [9.17, 15) is 19.1 Å². The van der Waals surface area contributed by atoms with E-state index in [0.717, 1.165) is 18.7 Å². The highest BCUT2D eigenvalue weighted by Crippen LogP contribution is 2.34. The van der Waals surface area contributed by atoms with E-state index in [1.54, 1.807) is 29.2 Å². The van der Waals surface area contributed by atoms with Crippen LogP contribution in [0.25, 0.3) is 11.3 Å². The largest absolute Gasteiger partial charge is 0.507 e. The zero-order chi connectivity index (χ0) is 28.4. The summed E-state index contributed by atoms with van der Waals surface area (Å²) < 4.78 is 26.9. The van der Waals surface area contributed by atoms with Gasteiger partial charge in [0.2, 0.25) is 0 Å². The van der Waals surface area contributed by atoms with Gasteiger partial charge >= 0.3 is 0 Å². The molecule has 2 saturated heterocycles. The van der Waals surface area contributed by atoms with Crippen molar-refractivity contribution in [3.8, 4) is 34.9 Å². The number of hydrogen-bond donors (Lipinski definition) is 2. The number of hydrogen-bond acceptors (Lipinski definition) is 9. The van der Waals surface area contributed by atoms with Gasteiger partial charge in [0.25, 0.3) is 5.92 Å². The van der Waals surface area contributed by atoms with E-state index in [4.69, 9.17) is 10.7 Å². The first-order valence-corrected chi connectivity index (χ1v) is 13.1. The quantitative estimate of drug-likeness (QED) is 0.476. The molecule has 11 heteroatoms. The Bertz CT molecular complexity index is 1510. The van der Waals surface area contributed by atoms with Gasteiger partial charge in [-0.2, -0.15) is 5.26 Å². The maximum Gasteiger partial charge on any atom is 0.275 e. The number of aromatic hydroxyl groups is 1. The van der Waals surface area contributed by atoms with Crippen LogP contribution < -0.4 is 15.5 Å². The molecule has 0 radical (unpaired) electrons. The maximum atomic E-state index is 13.5. The van der Waals surface area contributed by atoms with Crippen LogP contribution in [0.15, 0.2) is 42.5 Å². The molecule has 3 aromatic rings. The lowest BCUT2D eigenvalue weighted by molar-refractivity contribution is -0.171. The van der Waals surface area contributed by atoms with Gasteiger partial charge in [0, 0.05) is 31.2 Å². The van der Waals surface area contributed by atoms with E-state index < -0.39 is 12.0 Å². The Morgan fingerprint density at radius 1 is 1.12 bits per heavy atom. The number of phenolic OH excluding ortho intramolecular Hbond substituents is 1. The number of likely N-dealkylation sites (tertiary alicyclic amines) is 1. The molecule has 2 aliphatic rings. The van der Waals surface area contributed by atoms with Gasteiger partial charge in [0.15, 0.2) is 5.82 Å². The number of alkyl halides is 2. The van der Waals surface area contributed by atoms with E-state index in [1.165, 1.54) is 6.92 Å². The molecule has 2 aliphatic heterocycles. The van der Waals surface area contributed by atoms with Gasteiger partial charge in [-0.15, -0.1) is 10.2 Å². The second-order valence-corrected chi connectivity index (χ2v) is 10.2. The Morgan fingerprint density at radius 3 is 2.65 bits per heavy atom. The van der Waals surface area contributed by atoms with E-state index in [2.05, 4.69) is 44.8 Å². The van der Waals surface area contributed by atoms with Gasteiger partial charge < -0.3 is 20.6 Å². The Labute approximate surface area is 231 Å². The molecule has 0 unspecified atom stereocenters. The number of nitrogens with zero attached hydrogens (tertiary/aromatic N) is 7. The summed E-state index contributed by atoms with van der Waals surface area (Å²) >= 11 is 0. The second kappa shape index (κ2) is 10.9. The van der Waals surface area contributed by atoms with Crippen LogP contribution in [0.1, 0.15) is 31.5 Å². The van der Waals surface area contributed by atoms with Crippen LogP contribution in [0.5, 0.6) is 5.75 Å². The van der Waals surface area contributed by atoms with Crippen molar-refractivity contribution >= 4 is 17.3 Å². The summed E-state index contributed by atoms with van der Waals surface area (Å²) in [5.74, 6) is 4.28. The number of anilines is 3. The number of nitriles is 1. The minimum absolute atomic E-state index is 0.117. The van der Waals surface area contributed by atoms with Crippen LogP contribution in [0, 0.1) is 23.2 Å². The number of halogens is 2. The van der Waals surface area contributed by atoms with Gasteiger partial charge in [-0.05, 0) is 56.5 Å². The maximum absolute atomic E-state index is 13.5. The highest BCUT2D eigenvalue weighted by atomic mass is 19.3. The fourth-order valence-corrected chi connectivity index (χ4v) is 5.01. The Kier molecular flexibility index (Phi) is 7.42. The SMILES string of the molecule is C[C@@H]1N(CC#Cc2nc(N3CCN(c4cc(-c5ccccc5O)nnc4N)CC[C@@H]3C)ccc2C#N)CC1(F)F. The number of pyridine rings is 1. The predicted molar refractivity (Wildman–Crippen MR) is 149 cm³/mol. The average molecular weight is 545 g/mol. The minimum Gasteiger partial charge on any atom is -0.507 e. The van der Waals surface area contributed by atoms with Crippen LogP contribution in [0.3, 0.4) is 0 Å². The lowest BCUT2D eigenvalue weighted by Gasteiger charge is -2.44. The lowest BCUT2D eigenvalue weighted by atomic mass is 10.0. The van der Waals surface area contributed by atoms with Gasteiger partial charge in [0.1, 0.15) is 23.3 Å². The number of nitrogens with two attached hydrogens (primary N) is 1. The first-order chi connectivity index (χ1) is 19.2. The Balaban J connectivity index is 1.34. The van der Waals surface area contributed by atoms with Gasteiger partial charge in [-0.1, -0.05) is 18.1 Å². The van der Waals surface area contributed by atoms with Crippen LogP contribution in [-0.4, -0.2) is 75.9 Å². The third-order valence-corrected chi connectivity index (χ3v) is 7.64. The van der Waals surface area contributed by atoms with Crippen LogP contribution in [-0.2, 0) is 0 Å². The number of rotatable bonds is 4. The zero-order valence-corrected chi connectivity index (χ0v) is 22.3. The number of benzene rings is 1. The van der Waals surface area contributed by atoms with E-state index in [-0.39, 0.29) is 24.9 Å². The summed E-state index contributed by atoms with van der Waals surface area (Å²) in [5, 5.41) is 28.2. The fourth-order valence-electron chi connectivity index (χ4n) is 5.01. The highest BCUT2D eigenvalue weighted by molar-refractivity contribution is 5.74. The molecule has 206 valence electrons. The molecule has 2 aromatic heterocycles. The molecule has 9 nitrogen and oxygen atoms in total. The summed E-state index contributed by atoms with van der Waals surface area (Å²) in [6.45, 7) is 5.44. The lowest BCUT2D eigenvalue weighted by Crippen LogP contribution is -2.63. The van der Waals surface area contributed by atoms with E-state index in [1.807, 2.05) is 18.2 Å². The summed E-state index contributed by atoms with van der Waals surface area (Å²) in [5.41, 5.74) is 8.76. The van der Waals surface area contributed by atoms with Crippen molar-refractivity contribution in [2.75, 3.05) is 48.3 Å². The molecular weight excluding hydrogens is 514 g/mol.